The first-order valence-electron chi connectivity index (χ1n) is 10.8. The summed E-state index contributed by atoms with van der Waals surface area (Å²) in [6.45, 7) is 3.70. The minimum absolute atomic E-state index is 0.0218. The van der Waals surface area contributed by atoms with E-state index in [1.54, 1.807) is 7.11 Å². The second kappa shape index (κ2) is 10.4. The summed E-state index contributed by atoms with van der Waals surface area (Å²) in [4.78, 5) is 2.45. The predicted molar refractivity (Wildman–Crippen MR) is 130 cm³/mol. The van der Waals surface area contributed by atoms with Crippen molar-refractivity contribution in [3.05, 3.63) is 101 Å². The van der Waals surface area contributed by atoms with Crippen LogP contribution in [0.2, 0.25) is 0 Å². The van der Waals surface area contributed by atoms with E-state index < -0.39 is 0 Å². The first-order valence-corrected chi connectivity index (χ1v) is 11.2. The van der Waals surface area contributed by atoms with Crippen molar-refractivity contribution < 1.29 is 4.74 Å². The van der Waals surface area contributed by atoms with Crippen LogP contribution >= 0.6 is 12.2 Å². The second-order valence-corrected chi connectivity index (χ2v) is 8.19. The van der Waals surface area contributed by atoms with Gasteiger partial charge in [0.15, 0.2) is 5.11 Å². The molecule has 5 heteroatoms. The van der Waals surface area contributed by atoms with Crippen LogP contribution in [0.1, 0.15) is 28.3 Å². The Kier molecular flexibility index (Phi) is 7.18. The van der Waals surface area contributed by atoms with Gasteiger partial charge in [0.25, 0.3) is 0 Å². The van der Waals surface area contributed by atoms with Crippen molar-refractivity contribution in [2.75, 3.05) is 26.7 Å². The molecule has 0 radical (unpaired) electrons. The number of benzene rings is 3. The monoisotopic (exact) mass is 431 g/mol. The lowest BCUT2D eigenvalue weighted by Gasteiger charge is -2.30. The van der Waals surface area contributed by atoms with Gasteiger partial charge in [-0.2, -0.15) is 0 Å². The number of rotatable bonds is 7. The number of hydrogen-bond acceptors (Lipinski definition) is 3. The highest BCUT2D eigenvalue weighted by Gasteiger charge is 2.19. The van der Waals surface area contributed by atoms with Gasteiger partial charge in [0.2, 0.25) is 0 Å². The molecule has 0 fully saturated rings. The van der Waals surface area contributed by atoms with E-state index in [9.17, 15) is 0 Å². The van der Waals surface area contributed by atoms with Gasteiger partial charge in [-0.1, -0.05) is 72.8 Å². The largest absolute Gasteiger partial charge is 0.496 e. The number of thiocarbonyl (C=S) groups is 1. The molecule has 31 heavy (non-hydrogen) atoms. The third kappa shape index (κ3) is 5.43. The van der Waals surface area contributed by atoms with E-state index in [-0.39, 0.29) is 6.04 Å². The smallest absolute Gasteiger partial charge is 0.167 e. The standard InChI is InChI=1S/C26H29N3OS/c1-30-24-14-8-13-20-15-17-29(19-23(20)24)18-16-27-26(31)28-25(21-9-4-2-5-10-21)22-11-6-3-7-12-22/h2-14,25H,15-19H2,1H3,(H2,27,28,31). The summed E-state index contributed by atoms with van der Waals surface area (Å²) in [6, 6.07) is 27.2. The number of hydrogen-bond donors (Lipinski definition) is 2. The number of nitrogens with zero attached hydrogens (tertiary/aromatic N) is 1. The lowest BCUT2D eigenvalue weighted by molar-refractivity contribution is 0.252. The van der Waals surface area contributed by atoms with Gasteiger partial charge in [-0.15, -0.1) is 0 Å². The Morgan fingerprint density at radius 2 is 1.65 bits per heavy atom. The summed E-state index contributed by atoms with van der Waals surface area (Å²) >= 11 is 5.64. The molecule has 0 saturated heterocycles. The van der Waals surface area contributed by atoms with Crippen LogP contribution in [0.5, 0.6) is 5.75 Å². The Morgan fingerprint density at radius 3 is 2.29 bits per heavy atom. The van der Waals surface area contributed by atoms with Crippen LogP contribution in [-0.2, 0) is 13.0 Å². The minimum Gasteiger partial charge on any atom is -0.496 e. The van der Waals surface area contributed by atoms with Crippen LogP contribution in [0.15, 0.2) is 78.9 Å². The summed E-state index contributed by atoms with van der Waals surface area (Å²) in [6.07, 6.45) is 1.05. The maximum atomic E-state index is 5.64. The molecule has 0 saturated carbocycles. The summed E-state index contributed by atoms with van der Waals surface area (Å²) < 4.78 is 5.56. The Hall–Kier alpha value is -2.89. The molecular weight excluding hydrogens is 402 g/mol. The summed E-state index contributed by atoms with van der Waals surface area (Å²) in [7, 11) is 1.75. The quantitative estimate of drug-likeness (QED) is 0.546. The van der Waals surface area contributed by atoms with Crippen LogP contribution in [0.4, 0.5) is 0 Å². The fourth-order valence-electron chi connectivity index (χ4n) is 4.15. The number of fused-ring (bicyclic) bond motifs is 1. The lowest BCUT2D eigenvalue weighted by atomic mass is 9.99. The normalized spacial score (nSPS) is 13.5. The second-order valence-electron chi connectivity index (χ2n) is 7.78. The molecule has 2 N–H and O–H groups in total. The van der Waals surface area contributed by atoms with E-state index in [0.29, 0.717) is 5.11 Å². The van der Waals surface area contributed by atoms with Crippen molar-refractivity contribution in [3.8, 4) is 5.75 Å². The molecule has 1 aliphatic heterocycles. The molecule has 1 aliphatic rings. The van der Waals surface area contributed by atoms with E-state index in [1.165, 1.54) is 22.3 Å². The van der Waals surface area contributed by atoms with Gasteiger partial charge in [0, 0.05) is 31.7 Å². The van der Waals surface area contributed by atoms with Gasteiger partial charge >= 0.3 is 0 Å². The van der Waals surface area contributed by atoms with Crippen molar-refractivity contribution in [1.82, 2.24) is 15.5 Å². The molecule has 0 amide bonds. The highest BCUT2D eigenvalue weighted by atomic mass is 32.1. The molecule has 3 aromatic rings. The van der Waals surface area contributed by atoms with Crippen LogP contribution in [0, 0.1) is 0 Å². The van der Waals surface area contributed by atoms with Gasteiger partial charge in [-0.25, -0.2) is 0 Å². The third-order valence-corrected chi connectivity index (χ3v) is 6.05. The first kappa shape index (κ1) is 21.3. The molecule has 0 aromatic heterocycles. The van der Waals surface area contributed by atoms with Crippen molar-refractivity contribution >= 4 is 17.3 Å². The third-order valence-electron chi connectivity index (χ3n) is 5.78. The number of ether oxygens (including phenoxy) is 1. The van der Waals surface area contributed by atoms with Crippen molar-refractivity contribution in [2.45, 2.75) is 19.0 Å². The fraction of sp³-hybridized carbons (Fsp3) is 0.269. The summed E-state index contributed by atoms with van der Waals surface area (Å²) in [5.41, 5.74) is 5.09. The van der Waals surface area contributed by atoms with E-state index >= 15 is 0 Å². The zero-order valence-corrected chi connectivity index (χ0v) is 18.7. The van der Waals surface area contributed by atoms with Gasteiger partial charge in [0.05, 0.1) is 13.2 Å². The average Bonchev–Trinajstić information content (AvgIpc) is 2.83. The predicted octanol–water partition coefficient (Wildman–Crippen LogP) is 4.31. The zero-order chi connectivity index (χ0) is 21.5. The molecule has 0 atom stereocenters. The molecule has 0 bridgehead atoms. The molecule has 3 aromatic carbocycles. The van der Waals surface area contributed by atoms with Crippen LogP contribution in [0.25, 0.3) is 0 Å². The zero-order valence-electron chi connectivity index (χ0n) is 17.9. The van der Waals surface area contributed by atoms with Gasteiger partial charge in [-0.05, 0) is 41.4 Å². The Bertz CT molecular complexity index is 940. The highest BCUT2D eigenvalue weighted by molar-refractivity contribution is 7.80. The Labute approximate surface area is 190 Å². The first-order chi connectivity index (χ1) is 15.2. The van der Waals surface area contributed by atoms with Gasteiger partial charge in [0.1, 0.15) is 5.75 Å². The fourth-order valence-corrected chi connectivity index (χ4v) is 4.37. The molecule has 0 spiro atoms. The maximum absolute atomic E-state index is 5.64. The molecule has 0 aliphatic carbocycles. The highest BCUT2D eigenvalue weighted by Crippen LogP contribution is 2.27. The molecule has 1 heterocycles. The van der Waals surface area contributed by atoms with Crippen LogP contribution < -0.4 is 15.4 Å². The maximum Gasteiger partial charge on any atom is 0.167 e. The van der Waals surface area contributed by atoms with E-state index in [0.717, 1.165) is 38.3 Å². The van der Waals surface area contributed by atoms with Crippen molar-refractivity contribution in [3.63, 3.8) is 0 Å². The van der Waals surface area contributed by atoms with Gasteiger partial charge in [-0.3, -0.25) is 4.90 Å². The van der Waals surface area contributed by atoms with Crippen LogP contribution in [0.3, 0.4) is 0 Å². The molecular formula is C26H29N3OS. The van der Waals surface area contributed by atoms with Gasteiger partial charge < -0.3 is 15.4 Å². The topological polar surface area (TPSA) is 36.5 Å². The van der Waals surface area contributed by atoms with Crippen molar-refractivity contribution in [1.29, 1.82) is 0 Å². The number of nitrogens with one attached hydrogen (secondary N) is 2. The molecule has 4 rings (SSSR count). The average molecular weight is 432 g/mol. The lowest BCUT2D eigenvalue weighted by Crippen LogP contribution is -2.42. The Morgan fingerprint density at radius 1 is 0.968 bits per heavy atom. The number of methoxy groups -OCH3 is 1. The molecule has 160 valence electrons. The van der Waals surface area contributed by atoms with E-state index in [4.69, 9.17) is 17.0 Å². The van der Waals surface area contributed by atoms with E-state index in [1.807, 2.05) is 18.2 Å². The summed E-state index contributed by atoms with van der Waals surface area (Å²) in [5.74, 6) is 0.987. The Balaban J connectivity index is 1.33. The van der Waals surface area contributed by atoms with Crippen molar-refractivity contribution in [2.24, 2.45) is 0 Å². The minimum atomic E-state index is 0.0218. The molecule has 4 nitrogen and oxygen atoms in total. The van der Waals surface area contributed by atoms with E-state index in [2.05, 4.69) is 76.2 Å². The van der Waals surface area contributed by atoms with Crippen LogP contribution in [-0.4, -0.2) is 36.8 Å². The summed E-state index contributed by atoms with van der Waals surface area (Å²) in [5, 5.41) is 7.58. The SMILES string of the molecule is COc1cccc2c1CN(CCNC(=S)NC(c1ccccc1)c1ccccc1)CC2. The molecule has 0 unspecified atom stereocenters.